The first-order valence-electron chi connectivity index (χ1n) is 5.75. The molecule has 0 bridgehead atoms. The molecule has 96 valence electrons. The van der Waals surface area contributed by atoms with Crippen molar-refractivity contribution in [2.75, 3.05) is 7.11 Å². The topological polar surface area (TPSA) is 29.5 Å². The molecule has 0 aliphatic carbocycles. The number of hydrogen-bond acceptors (Lipinski definition) is 3. The third-order valence-electron chi connectivity index (χ3n) is 2.91. The fourth-order valence-corrected chi connectivity index (χ4v) is 3.15. The Morgan fingerprint density at radius 2 is 2.17 bits per heavy atom. The predicted octanol–water partition coefficient (Wildman–Crippen LogP) is 4.05. The van der Waals surface area contributed by atoms with Crippen molar-refractivity contribution >= 4 is 22.9 Å². The van der Waals surface area contributed by atoms with Crippen molar-refractivity contribution in [2.24, 2.45) is 0 Å². The first-order chi connectivity index (χ1) is 8.67. The number of aliphatic hydroxyl groups excluding tert-OH is 1. The normalized spacial score (nSPS) is 12.4. The van der Waals surface area contributed by atoms with Crippen LogP contribution in [0.4, 0.5) is 0 Å². The highest BCUT2D eigenvalue weighted by atomic mass is 35.5. The van der Waals surface area contributed by atoms with Gasteiger partial charge in [-0.15, -0.1) is 11.3 Å². The lowest BCUT2D eigenvalue weighted by Crippen LogP contribution is -2.01. The summed E-state index contributed by atoms with van der Waals surface area (Å²) in [6.45, 7) is 2.08. The number of rotatable bonds is 4. The van der Waals surface area contributed by atoms with E-state index in [0.717, 1.165) is 16.9 Å². The molecule has 1 heterocycles. The van der Waals surface area contributed by atoms with Crippen molar-refractivity contribution in [1.29, 1.82) is 0 Å². The van der Waals surface area contributed by atoms with Gasteiger partial charge in [-0.25, -0.2) is 0 Å². The van der Waals surface area contributed by atoms with Gasteiger partial charge in [0.15, 0.2) is 0 Å². The number of methoxy groups -OCH3 is 1. The number of halogens is 1. The zero-order valence-electron chi connectivity index (χ0n) is 10.3. The monoisotopic (exact) mass is 282 g/mol. The molecular formula is C14H15ClO2S. The Bertz CT molecular complexity index is 536. The molecule has 0 aliphatic rings. The predicted molar refractivity (Wildman–Crippen MR) is 75.8 cm³/mol. The molecule has 0 aliphatic heterocycles. The van der Waals surface area contributed by atoms with E-state index < -0.39 is 6.10 Å². The number of aliphatic hydroxyl groups is 1. The highest BCUT2D eigenvalue weighted by molar-refractivity contribution is 7.10. The van der Waals surface area contributed by atoms with E-state index in [2.05, 4.69) is 6.92 Å². The SMILES string of the molecule is CCc1ccsc1C(O)c1ccc(OC)cc1Cl. The van der Waals surface area contributed by atoms with Crippen LogP contribution in [0.25, 0.3) is 0 Å². The van der Waals surface area contributed by atoms with Gasteiger partial charge in [-0.2, -0.15) is 0 Å². The van der Waals surface area contributed by atoms with Crippen molar-refractivity contribution in [1.82, 2.24) is 0 Å². The first-order valence-corrected chi connectivity index (χ1v) is 7.01. The van der Waals surface area contributed by atoms with Crippen molar-refractivity contribution < 1.29 is 9.84 Å². The van der Waals surface area contributed by atoms with Crippen LogP contribution >= 0.6 is 22.9 Å². The summed E-state index contributed by atoms with van der Waals surface area (Å²) >= 11 is 7.74. The van der Waals surface area contributed by atoms with Crippen molar-refractivity contribution in [2.45, 2.75) is 19.4 Å². The third kappa shape index (κ3) is 2.53. The van der Waals surface area contributed by atoms with Crippen LogP contribution in [0.1, 0.15) is 29.0 Å². The lowest BCUT2D eigenvalue weighted by molar-refractivity contribution is 0.223. The molecule has 0 spiro atoms. The Labute approximate surface area is 116 Å². The van der Waals surface area contributed by atoms with Gasteiger partial charge in [0.05, 0.1) is 12.1 Å². The molecule has 0 fully saturated rings. The van der Waals surface area contributed by atoms with Crippen LogP contribution < -0.4 is 4.74 Å². The molecule has 18 heavy (non-hydrogen) atoms. The maximum absolute atomic E-state index is 10.4. The summed E-state index contributed by atoms with van der Waals surface area (Å²) in [6.07, 6.45) is 0.238. The number of thiophene rings is 1. The van der Waals surface area contributed by atoms with Crippen LogP contribution in [-0.4, -0.2) is 12.2 Å². The van der Waals surface area contributed by atoms with E-state index in [-0.39, 0.29) is 0 Å². The molecule has 1 N–H and O–H groups in total. The molecule has 2 rings (SSSR count). The second kappa shape index (κ2) is 5.74. The molecule has 1 atom stereocenters. The molecule has 1 unspecified atom stereocenters. The number of aryl methyl sites for hydroxylation is 1. The summed E-state index contributed by atoms with van der Waals surface area (Å²) in [6, 6.07) is 7.38. The maximum atomic E-state index is 10.4. The standard InChI is InChI=1S/C14H15ClO2S/c1-3-9-6-7-18-14(9)13(16)11-5-4-10(17-2)8-12(11)15/h4-8,13,16H,3H2,1-2H3. The molecular weight excluding hydrogens is 268 g/mol. The summed E-state index contributed by atoms with van der Waals surface area (Å²) in [5, 5.41) is 12.9. The largest absolute Gasteiger partial charge is 0.497 e. The van der Waals surface area contributed by atoms with E-state index in [4.69, 9.17) is 16.3 Å². The minimum atomic E-state index is -0.668. The van der Waals surface area contributed by atoms with Crippen LogP contribution in [-0.2, 0) is 6.42 Å². The Kier molecular flexibility index (Phi) is 4.27. The maximum Gasteiger partial charge on any atom is 0.120 e. The second-order valence-electron chi connectivity index (χ2n) is 3.95. The van der Waals surface area contributed by atoms with Crippen LogP contribution in [0.3, 0.4) is 0 Å². The summed E-state index contributed by atoms with van der Waals surface area (Å²) in [7, 11) is 1.59. The van der Waals surface area contributed by atoms with Crippen LogP contribution in [0.2, 0.25) is 5.02 Å². The van der Waals surface area contributed by atoms with Gasteiger partial charge in [0.2, 0.25) is 0 Å². The number of ether oxygens (including phenoxy) is 1. The van der Waals surface area contributed by atoms with E-state index in [0.29, 0.717) is 10.8 Å². The fourth-order valence-electron chi connectivity index (χ4n) is 1.88. The summed E-state index contributed by atoms with van der Waals surface area (Å²) < 4.78 is 5.10. The van der Waals surface area contributed by atoms with Gasteiger partial charge in [0.1, 0.15) is 11.9 Å². The molecule has 2 aromatic rings. The average Bonchev–Trinajstić information content (AvgIpc) is 2.86. The first kappa shape index (κ1) is 13.4. The minimum Gasteiger partial charge on any atom is -0.497 e. The van der Waals surface area contributed by atoms with Gasteiger partial charge in [-0.1, -0.05) is 24.6 Å². The van der Waals surface area contributed by atoms with E-state index in [1.165, 1.54) is 5.56 Å². The van der Waals surface area contributed by atoms with E-state index in [1.807, 2.05) is 23.6 Å². The van der Waals surface area contributed by atoms with E-state index in [1.54, 1.807) is 24.5 Å². The third-order valence-corrected chi connectivity index (χ3v) is 4.25. The van der Waals surface area contributed by atoms with Crippen molar-refractivity contribution in [3.8, 4) is 5.75 Å². The van der Waals surface area contributed by atoms with Gasteiger partial charge in [-0.3, -0.25) is 0 Å². The summed E-state index contributed by atoms with van der Waals surface area (Å²) in [5.74, 6) is 0.692. The van der Waals surface area contributed by atoms with Gasteiger partial charge >= 0.3 is 0 Å². The highest BCUT2D eigenvalue weighted by Crippen LogP contribution is 2.35. The van der Waals surface area contributed by atoms with Crippen molar-refractivity contribution in [3.63, 3.8) is 0 Å². The molecule has 2 nitrogen and oxygen atoms in total. The molecule has 1 aromatic carbocycles. The lowest BCUT2D eigenvalue weighted by Gasteiger charge is -2.14. The van der Waals surface area contributed by atoms with E-state index >= 15 is 0 Å². The fraction of sp³-hybridized carbons (Fsp3) is 0.286. The van der Waals surface area contributed by atoms with E-state index in [9.17, 15) is 5.11 Å². The Balaban J connectivity index is 2.37. The molecule has 4 heteroatoms. The average molecular weight is 283 g/mol. The molecule has 0 saturated heterocycles. The van der Waals surface area contributed by atoms with Crippen molar-refractivity contribution in [3.05, 3.63) is 50.7 Å². The van der Waals surface area contributed by atoms with Gasteiger partial charge in [0, 0.05) is 10.4 Å². The molecule has 0 amide bonds. The van der Waals surface area contributed by atoms with Gasteiger partial charge in [0.25, 0.3) is 0 Å². The Morgan fingerprint density at radius 1 is 1.39 bits per heavy atom. The minimum absolute atomic E-state index is 0.525. The lowest BCUT2D eigenvalue weighted by atomic mass is 10.0. The molecule has 0 saturated carbocycles. The molecule has 0 radical (unpaired) electrons. The zero-order chi connectivity index (χ0) is 13.1. The van der Waals surface area contributed by atoms with Crippen LogP contribution in [0, 0.1) is 0 Å². The van der Waals surface area contributed by atoms with Gasteiger partial charge < -0.3 is 9.84 Å². The Hall–Kier alpha value is -1.03. The van der Waals surface area contributed by atoms with Crippen LogP contribution in [0.15, 0.2) is 29.6 Å². The van der Waals surface area contributed by atoms with Gasteiger partial charge in [-0.05, 0) is 35.6 Å². The summed E-state index contributed by atoms with van der Waals surface area (Å²) in [5.41, 5.74) is 1.88. The smallest absolute Gasteiger partial charge is 0.120 e. The molecule has 1 aromatic heterocycles. The second-order valence-corrected chi connectivity index (χ2v) is 5.31. The zero-order valence-corrected chi connectivity index (χ0v) is 11.9. The summed E-state index contributed by atoms with van der Waals surface area (Å²) in [4.78, 5) is 0.963. The highest BCUT2D eigenvalue weighted by Gasteiger charge is 2.18. The van der Waals surface area contributed by atoms with Crippen LogP contribution in [0.5, 0.6) is 5.75 Å². The number of benzene rings is 1. The number of hydrogen-bond donors (Lipinski definition) is 1. The quantitative estimate of drug-likeness (QED) is 0.916. The Morgan fingerprint density at radius 3 is 2.78 bits per heavy atom.